The molecule has 0 aliphatic rings. The summed E-state index contributed by atoms with van der Waals surface area (Å²) in [7, 11) is -3.25. The molecule has 92 valence electrons. The maximum atomic E-state index is 10.6. The molecular formula is C6H12F3NO4S. The van der Waals surface area contributed by atoms with Crippen molar-refractivity contribution in [1.82, 2.24) is 0 Å². The van der Waals surface area contributed by atoms with Crippen molar-refractivity contribution in [2.75, 3.05) is 0 Å². The molecule has 0 aliphatic carbocycles. The lowest BCUT2D eigenvalue weighted by atomic mass is 10.4. The van der Waals surface area contributed by atoms with E-state index in [1.165, 1.54) is 0 Å². The van der Waals surface area contributed by atoms with Gasteiger partial charge in [-0.1, -0.05) is 6.92 Å². The van der Waals surface area contributed by atoms with Crippen molar-refractivity contribution in [3.05, 3.63) is 0 Å². The molecule has 0 saturated heterocycles. The highest BCUT2D eigenvalue weighted by molar-refractivity contribution is 7.89. The number of carbonyl (C=O) groups is 1. The summed E-state index contributed by atoms with van der Waals surface area (Å²) >= 11 is 0. The molecule has 9 heteroatoms. The van der Waals surface area contributed by atoms with Crippen LogP contribution in [0.3, 0.4) is 0 Å². The molecule has 0 bridgehead atoms. The number of carboxylic acid groups (broad SMARTS) is 1. The number of alkyl halides is 3. The Labute approximate surface area is 85.1 Å². The molecule has 15 heavy (non-hydrogen) atoms. The number of hydrogen-bond donors (Lipinski definition) is 2. The lowest BCUT2D eigenvalue weighted by Crippen LogP contribution is -2.24. The Morgan fingerprint density at radius 2 is 1.73 bits per heavy atom. The fourth-order valence-corrected chi connectivity index (χ4v) is 0.697. The highest BCUT2D eigenvalue weighted by Gasteiger charge is 2.38. The molecule has 0 spiro atoms. The predicted octanol–water partition coefficient (Wildman–Crippen LogP) is 0.707. The third-order valence-corrected chi connectivity index (χ3v) is 2.83. The highest BCUT2D eigenvalue weighted by Crippen LogP contribution is 2.13. The van der Waals surface area contributed by atoms with Gasteiger partial charge in [0.05, 0.1) is 5.25 Å². The molecule has 0 aromatic rings. The number of hydrogen-bond acceptors (Lipinski definition) is 3. The molecule has 3 N–H and O–H groups in total. The molecule has 5 nitrogen and oxygen atoms in total. The predicted molar refractivity (Wildman–Crippen MR) is 46.6 cm³/mol. The summed E-state index contributed by atoms with van der Waals surface area (Å²) in [6.45, 7) is 3.38. The standard InChI is InChI=1S/C4H11NO2S.C2HF3O2/c1-3-4(2)8(5,6)7;3-2(4,5)1(6)7/h4H,3H2,1-2H3,(H2,5,6,7);(H,6,7). The van der Waals surface area contributed by atoms with Gasteiger partial charge in [-0.2, -0.15) is 13.2 Å². The Morgan fingerprint density at radius 1 is 1.47 bits per heavy atom. The van der Waals surface area contributed by atoms with Gasteiger partial charge in [-0.25, -0.2) is 18.4 Å². The Bertz CT molecular complexity index is 298. The van der Waals surface area contributed by atoms with Gasteiger partial charge in [0.25, 0.3) is 0 Å². The van der Waals surface area contributed by atoms with Gasteiger partial charge < -0.3 is 5.11 Å². The molecule has 0 rings (SSSR count). The second-order valence-electron chi connectivity index (χ2n) is 2.61. The summed E-state index contributed by atoms with van der Waals surface area (Å²) in [6.07, 6.45) is -4.50. The fraction of sp³-hybridized carbons (Fsp3) is 0.833. The number of halogens is 3. The molecule has 1 atom stereocenters. The monoisotopic (exact) mass is 251 g/mol. The number of rotatable bonds is 2. The van der Waals surface area contributed by atoms with E-state index in [-0.39, 0.29) is 0 Å². The second-order valence-corrected chi connectivity index (χ2v) is 4.59. The summed E-state index contributed by atoms with van der Waals surface area (Å²) in [6, 6.07) is 0. The summed E-state index contributed by atoms with van der Waals surface area (Å²) < 4.78 is 52.4. The van der Waals surface area contributed by atoms with E-state index in [4.69, 9.17) is 15.0 Å². The summed E-state index contributed by atoms with van der Waals surface area (Å²) in [5.74, 6) is -2.76. The number of nitrogens with two attached hydrogens (primary N) is 1. The molecule has 0 aromatic carbocycles. The van der Waals surface area contributed by atoms with E-state index in [9.17, 15) is 21.6 Å². The van der Waals surface area contributed by atoms with Crippen molar-refractivity contribution in [1.29, 1.82) is 0 Å². The third kappa shape index (κ3) is 9.47. The van der Waals surface area contributed by atoms with Crippen molar-refractivity contribution < 1.29 is 31.5 Å². The van der Waals surface area contributed by atoms with E-state index in [2.05, 4.69) is 0 Å². The smallest absolute Gasteiger partial charge is 0.475 e. The van der Waals surface area contributed by atoms with Gasteiger partial charge in [0, 0.05) is 0 Å². The van der Waals surface area contributed by atoms with E-state index in [1.807, 2.05) is 0 Å². The van der Waals surface area contributed by atoms with Gasteiger partial charge in [-0.15, -0.1) is 0 Å². The van der Waals surface area contributed by atoms with Crippen LogP contribution in [0.2, 0.25) is 0 Å². The first-order valence-corrected chi connectivity index (χ1v) is 5.35. The number of aliphatic carboxylic acids is 1. The number of carboxylic acids is 1. The van der Waals surface area contributed by atoms with Crippen LogP contribution in [-0.2, 0) is 14.8 Å². The molecule has 0 fully saturated rings. The molecule has 0 heterocycles. The first kappa shape index (κ1) is 16.6. The zero-order valence-electron chi connectivity index (χ0n) is 8.08. The Morgan fingerprint density at radius 3 is 1.73 bits per heavy atom. The summed E-state index contributed by atoms with van der Waals surface area (Å²) in [5.41, 5.74) is 0. The molecular weight excluding hydrogens is 239 g/mol. The van der Waals surface area contributed by atoms with Crippen molar-refractivity contribution in [3.8, 4) is 0 Å². The SMILES string of the molecule is CCC(C)S(N)(=O)=O.O=C(O)C(F)(F)F. The maximum Gasteiger partial charge on any atom is 0.490 e. The van der Waals surface area contributed by atoms with Crippen LogP contribution in [0.4, 0.5) is 13.2 Å². The van der Waals surface area contributed by atoms with E-state index < -0.39 is 27.4 Å². The van der Waals surface area contributed by atoms with Gasteiger partial charge in [-0.3, -0.25) is 0 Å². The van der Waals surface area contributed by atoms with Gasteiger partial charge in [0.15, 0.2) is 0 Å². The van der Waals surface area contributed by atoms with Crippen LogP contribution >= 0.6 is 0 Å². The maximum absolute atomic E-state index is 10.6. The first-order chi connectivity index (χ1) is 6.42. The van der Waals surface area contributed by atoms with Crippen LogP contribution < -0.4 is 5.14 Å². The van der Waals surface area contributed by atoms with Crippen molar-refractivity contribution in [3.63, 3.8) is 0 Å². The van der Waals surface area contributed by atoms with Crippen molar-refractivity contribution in [2.24, 2.45) is 5.14 Å². The van der Waals surface area contributed by atoms with Crippen LogP contribution in [0, 0.1) is 0 Å². The van der Waals surface area contributed by atoms with Gasteiger partial charge in [0.1, 0.15) is 0 Å². The Hall–Kier alpha value is -0.830. The van der Waals surface area contributed by atoms with Crippen molar-refractivity contribution in [2.45, 2.75) is 31.7 Å². The average Bonchev–Trinajstić information content (AvgIpc) is 2.00. The average molecular weight is 251 g/mol. The van der Waals surface area contributed by atoms with Gasteiger partial charge >= 0.3 is 12.1 Å². The van der Waals surface area contributed by atoms with E-state index >= 15 is 0 Å². The molecule has 0 aliphatic heterocycles. The quantitative estimate of drug-likeness (QED) is 0.755. The summed E-state index contributed by atoms with van der Waals surface area (Å²) in [4.78, 5) is 8.90. The van der Waals surface area contributed by atoms with E-state index in [0.29, 0.717) is 6.42 Å². The van der Waals surface area contributed by atoms with Crippen LogP contribution in [0.25, 0.3) is 0 Å². The lowest BCUT2D eigenvalue weighted by molar-refractivity contribution is -0.192. The van der Waals surface area contributed by atoms with Crippen LogP contribution in [0.5, 0.6) is 0 Å². The van der Waals surface area contributed by atoms with Gasteiger partial charge in [-0.05, 0) is 13.3 Å². The topological polar surface area (TPSA) is 97.5 Å². The van der Waals surface area contributed by atoms with Crippen LogP contribution in [0.1, 0.15) is 20.3 Å². The first-order valence-electron chi connectivity index (χ1n) is 3.74. The Balaban J connectivity index is 0. The zero-order valence-corrected chi connectivity index (χ0v) is 8.89. The molecule has 0 amide bonds. The van der Waals surface area contributed by atoms with Crippen LogP contribution in [-0.4, -0.2) is 30.9 Å². The molecule has 1 unspecified atom stereocenters. The van der Waals surface area contributed by atoms with E-state index in [1.54, 1.807) is 13.8 Å². The molecule has 0 saturated carbocycles. The van der Waals surface area contributed by atoms with Crippen molar-refractivity contribution >= 4 is 16.0 Å². The minimum absolute atomic E-state index is 0.400. The zero-order chi connectivity index (χ0) is 12.9. The highest BCUT2D eigenvalue weighted by atomic mass is 32.2. The minimum atomic E-state index is -5.08. The Kier molecular flexibility index (Phi) is 6.54. The molecule has 0 aromatic heterocycles. The summed E-state index contributed by atoms with van der Waals surface area (Å²) in [5, 5.41) is 11.5. The number of primary sulfonamides is 1. The normalized spacial score (nSPS) is 13.7. The second kappa shape index (κ2) is 5.91. The number of sulfonamides is 1. The van der Waals surface area contributed by atoms with Gasteiger partial charge in [0.2, 0.25) is 10.0 Å². The largest absolute Gasteiger partial charge is 0.490 e. The lowest BCUT2D eigenvalue weighted by Gasteiger charge is -2.01. The third-order valence-electron chi connectivity index (χ3n) is 1.38. The minimum Gasteiger partial charge on any atom is -0.475 e. The molecule has 0 radical (unpaired) electrons. The fourth-order valence-electron chi connectivity index (χ4n) is 0.232. The van der Waals surface area contributed by atoms with E-state index in [0.717, 1.165) is 0 Å². The van der Waals surface area contributed by atoms with Crippen LogP contribution in [0.15, 0.2) is 0 Å².